The zero-order chi connectivity index (χ0) is 9.94. The molecule has 0 saturated heterocycles. The van der Waals surface area contributed by atoms with E-state index in [1.807, 2.05) is 0 Å². The Morgan fingerprint density at radius 2 is 1.69 bits per heavy atom. The highest BCUT2D eigenvalue weighted by Gasteiger charge is 1.98. The van der Waals surface area contributed by atoms with Gasteiger partial charge in [-0.3, -0.25) is 0 Å². The van der Waals surface area contributed by atoms with Gasteiger partial charge in [-0.2, -0.15) is 0 Å². The molecule has 13 heavy (non-hydrogen) atoms. The highest BCUT2D eigenvalue weighted by molar-refractivity contribution is 4.55. The average Bonchev–Trinajstić information content (AvgIpc) is 2.11. The smallest absolute Gasteiger partial charge is 0.00464 e. The van der Waals surface area contributed by atoms with Gasteiger partial charge in [0, 0.05) is 0 Å². The summed E-state index contributed by atoms with van der Waals surface area (Å²) < 4.78 is 0. The monoisotopic (exact) mass is 185 g/mol. The second kappa shape index (κ2) is 10.0. The molecule has 0 fully saturated rings. The predicted molar refractivity (Wildman–Crippen MR) is 61.1 cm³/mol. The van der Waals surface area contributed by atoms with Gasteiger partial charge in [-0.05, 0) is 31.8 Å². The molecule has 0 aromatic heterocycles. The van der Waals surface area contributed by atoms with Crippen molar-refractivity contribution >= 4 is 0 Å². The van der Waals surface area contributed by atoms with Gasteiger partial charge >= 0.3 is 0 Å². The van der Waals surface area contributed by atoms with E-state index in [9.17, 15) is 0 Å². The summed E-state index contributed by atoms with van der Waals surface area (Å²) >= 11 is 0. The van der Waals surface area contributed by atoms with Crippen molar-refractivity contribution in [1.29, 1.82) is 0 Å². The van der Waals surface area contributed by atoms with Crippen LogP contribution in [0.1, 0.15) is 59.3 Å². The first-order valence-corrected chi connectivity index (χ1v) is 6.02. The Balaban J connectivity index is 2.97. The van der Waals surface area contributed by atoms with Crippen LogP contribution in [0.15, 0.2) is 0 Å². The van der Waals surface area contributed by atoms with Crippen LogP contribution in [0.2, 0.25) is 0 Å². The summed E-state index contributed by atoms with van der Waals surface area (Å²) in [5, 5.41) is 3.51. The molecule has 0 saturated carbocycles. The number of rotatable bonds is 9. The molecule has 0 bridgehead atoms. The van der Waals surface area contributed by atoms with Gasteiger partial charge in [0.05, 0.1) is 0 Å². The second-order valence-corrected chi connectivity index (χ2v) is 4.14. The fourth-order valence-corrected chi connectivity index (χ4v) is 1.61. The molecule has 0 aromatic carbocycles. The van der Waals surface area contributed by atoms with E-state index in [-0.39, 0.29) is 0 Å². The second-order valence-electron chi connectivity index (χ2n) is 4.14. The van der Waals surface area contributed by atoms with E-state index >= 15 is 0 Å². The highest BCUT2D eigenvalue weighted by atomic mass is 14.8. The summed E-state index contributed by atoms with van der Waals surface area (Å²) in [6.07, 6.45) is 8.11. The summed E-state index contributed by atoms with van der Waals surface area (Å²) in [6, 6.07) is 0. The van der Waals surface area contributed by atoms with Crippen molar-refractivity contribution in [3.63, 3.8) is 0 Å². The minimum Gasteiger partial charge on any atom is -0.317 e. The lowest BCUT2D eigenvalue weighted by Gasteiger charge is -2.10. The van der Waals surface area contributed by atoms with Gasteiger partial charge in [0.2, 0.25) is 0 Å². The molecule has 0 aliphatic heterocycles. The van der Waals surface area contributed by atoms with E-state index < -0.39 is 0 Å². The Morgan fingerprint density at radius 1 is 0.923 bits per heavy atom. The van der Waals surface area contributed by atoms with E-state index in [0.29, 0.717) is 0 Å². The zero-order valence-electron chi connectivity index (χ0n) is 9.73. The maximum absolute atomic E-state index is 3.51. The Morgan fingerprint density at radius 3 is 2.31 bits per heavy atom. The molecule has 1 heteroatoms. The van der Waals surface area contributed by atoms with Crippen molar-refractivity contribution in [3.05, 3.63) is 0 Å². The first-order chi connectivity index (χ1) is 6.31. The first-order valence-electron chi connectivity index (χ1n) is 6.02. The van der Waals surface area contributed by atoms with Crippen molar-refractivity contribution in [1.82, 2.24) is 5.32 Å². The lowest BCUT2D eigenvalue weighted by atomic mass is 10.0. The van der Waals surface area contributed by atoms with Gasteiger partial charge < -0.3 is 5.32 Å². The molecular formula is C12H27N. The zero-order valence-corrected chi connectivity index (χ0v) is 9.73. The van der Waals surface area contributed by atoms with Crippen LogP contribution in [0.25, 0.3) is 0 Å². The van der Waals surface area contributed by atoms with E-state index in [1.54, 1.807) is 0 Å². The van der Waals surface area contributed by atoms with Gasteiger partial charge in [-0.15, -0.1) is 0 Å². The maximum Gasteiger partial charge on any atom is -0.00464 e. The molecule has 1 N–H and O–H groups in total. The van der Waals surface area contributed by atoms with E-state index in [4.69, 9.17) is 0 Å². The molecule has 0 rings (SSSR count). The van der Waals surface area contributed by atoms with Crippen LogP contribution in [-0.2, 0) is 0 Å². The Hall–Kier alpha value is -0.0400. The summed E-state index contributed by atoms with van der Waals surface area (Å²) in [5.74, 6) is 0.906. The van der Waals surface area contributed by atoms with Crippen molar-refractivity contribution in [3.8, 4) is 0 Å². The Labute approximate surface area is 84.3 Å². The minimum absolute atomic E-state index is 0.906. The van der Waals surface area contributed by atoms with E-state index in [0.717, 1.165) is 5.92 Å². The molecule has 0 spiro atoms. The molecule has 1 atom stereocenters. The summed E-state index contributed by atoms with van der Waals surface area (Å²) in [6.45, 7) is 9.31. The fourth-order valence-electron chi connectivity index (χ4n) is 1.61. The number of unbranched alkanes of at least 4 members (excludes halogenated alkanes) is 2. The van der Waals surface area contributed by atoms with Gasteiger partial charge in [0.15, 0.2) is 0 Å². The predicted octanol–water partition coefficient (Wildman–Crippen LogP) is 3.59. The molecule has 0 amide bonds. The first kappa shape index (κ1) is 13.0. The van der Waals surface area contributed by atoms with Gasteiger partial charge in [0.25, 0.3) is 0 Å². The number of nitrogens with one attached hydrogen (secondary N) is 1. The molecule has 0 radical (unpaired) electrons. The third-order valence-electron chi connectivity index (χ3n) is 2.55. The fraction of sp³-hybridized carbons (Fsp3) is 1.00. The normalized spacial score (nSPS) is 13.2. The lowest BCUT2D eigenvalue weighted by Crippen LogP contribution is -2.18. The van der Waals surface area contributed by atoms with Crippen LogP contribution in [0.5, 0.6) is 0 Å². The van der Waals surface area contributed by atoms with E-state index in [2.05, 4.69) is 26.1 Å². The molecule has 1 nitrogen and oxygen atoms in total. The largest absolute Gasteiger partial charge is 0.317 e. The molecule has 0 heterocycles. The van der Waals surface area contributed by atoms with Gasteiger partial charge in [-0.25, -0.2) is 0 Å². The van der Waals surface area contributed by atoms with Crippen LogP contribution in [-0.4, -0.2) is 13.1 Å². The van der Waals surface area contributed by atoms with Crippen molar-refractivity contribution < 1.29 is 0 Å². The van der Waals surface area contributed by atoms with Crippen LogP contribution >= 0.6 is 0 Å². The standard InChI is InChI=1S/C12H27N/c1-4-6-7-10-13-11-9-12(3)8-5-2/h12-13H,4-11H2,1-3H3. The van der Waals surface area contributed by atoms with Crippen LogP contribution < -0.4 is 5.32 Å². The summed E-state index contributed by atoms with van der Waals surface area (Å²) in [4.78, 5) is 0. The van der Waals surface area contributed by atoms with Gasteiger partial charge in [-0.1, -0.05) is 46.5 Å². The van der Waals surface area contributed by atoms with Crippen LogP contribution in [0.3, 0.4) is 0 Å². The molecule has 0 aliphatic carbocycles. The minimum atomic E-state index is 0.906. The number of hydrogen-bond acceptors (Lipinski definition) is 1. The molecular weight excluding hydrogens is 158 g/mol. The third kappa shape index (κ3) is 9.88. The lowest BCUT2D eigenvalue weighted by molar-refractivity contribution is 0.462. The molecule has 80 valence electrons. The van der Waals surface area contributed by atoms with Crippen molar-refractivity contribution in [2.75, 3.05) is 13.1 Å². The Kier molecular flexibility index (Phi) is 10.0. The van der Waals surface area contributed by atoms with Crippen molar-refractivity contribution in [2.45, 2.75) is 59.3 Å². The topological polar surface area (TPSA) is 12.0 Å². The molecule has 0 aromatic rings. The highest BCUT2D eigenvalue weighted by Crippen LogP contribution is 2.08. The van der Waals surface area contributed by atoms with Crippen LogP contribution in [0.4, 0.5) is 0 Å². The quantitative estimate of drug-likeness (QED) is 0.541. The Bertz CT molecular complexity index is 91.1. The number of hydrogen-bond donors (Lipinski definition) is 1. The molecule has 1 unspecified atom stereocenters. The SMILES string of the molecule is CCCCCNCCC(C)CCC. The molecule has 0 aliphatic rings. The maximum atomic E-state index is 3.51. The third-order valence-corrected chi connectivity index (χ3v) is 2.55. The van der Waals surface area contributed by atoms with Crippen molar-refractivity contribution in [2.24, 2.45) is 5.92 Å². The summed E-state index contributed by atoms with van der Waals surface area (Å²) in [5.41, 5.74) is 0. The van der Waals surface area contributed by atoms with Gasteiger partial charge in [0.1, 0.15) is 0 Å². The average molecular weight is 185 g/mol. The van der Waals surface area contributed by atoms with E-state index in [1.165, 1.54) is 51.6 Å². The van der Waals surface area contributed by atoms with Crippen LogP contribution in [0, 0.1) is 5.92 Å². The summed E-state index contributed by atoms with van der Waals surface area (Å²) in [7, 11) is 0.